The Morgan fingerprint density at radius 2 is 1.86 bits per heavy atom. The molecule has 2 aromatic rings. The normalized spacial score (nSPS) is 20.4. The molecule has 1 unspecified atom stereocenters. The molecular weight excluding hydrogens is 442 g/mol. The lowest BCUT2D eigenvalue weighted by atomic mass is 9.85. The van der Waals surface area contributed by atoms with E-state index in [-0.39, 0.29) is 18.4 Å². The number of carbonyl (C=O) groups is 1. The summed E-state index contributed by atoms with van der Waals surface area (Å²) in [5.41, 5.74) is 0.915. The molecule has 1 aliphatic rings. The quantitative estimate of drug-likeness (QED) is 0.534. The largest absolute Gasteiger partial charge is 0.438 e. The molecule has 1 saturated heterocycles. The van der Waals surface area contributed by atoms with Crippen LogP contribution in [-0.2, 0) is 10.3 Å². The number of hydrogen-bond donors (Lipinski definition) is 1. The Morgan fingerprint density at radius 1 is 1.17 bits per heavy atom. The SMILES string of the molecule is C[C@@H](c1ccc(Br)cc1)N1CCC(CCNCCF)(c2ccc(F)cc2)OC1=O. The van der Waals surface area contributed by atoms with Crippen molar-refractivity contribution in [3.8, 4) is 0 Å². The Balaban J connectivity index is 1.78. The fourth-order valence-corrected chi connectivity index (χ4v) is 3.97. The maximum absolute atomic E-state index is 13.4. The van der Waals surface area contributed by atoms with E-state index in [1.54, 1.807) is 17.0 Å². The van der Waals surface area contributed by atoms with E-state index in [1.807, 2.05) is 31.2 Å². The molecule has 29 heavy (non-hydrogen) atoms. The van der Waals surface area contributed by atoms with Crippen molar-refractivity contribution in [1.82, 2.24) is 10.2 Å². The van der Waals surface area contributed by atoms with E-state index in [1.165, 1.54) is 12.1 Å². The molecular formula is C22H25BrF2N2O2. The number of nitrogens with zero attached hydrogens (tertiary/aromatic N) is 1. The highest BCUT2D eigenvalue weighted by Gasteiger charge is 2.43. The van der Waals surface area contributed by atoms with Crippen LogP contribution in [0.1, 0.15) is 36.9 Å². The summed E-state index contributed by atoms with van der Waals surface area (Å²) >= 11 is 3.42. The van der Waals surface area contributed by atoms with Gasteiger partial charge in [0.25, 0.3) is 0 Å². The summed E-state index contributed by atoms with van der Waals surface area (Å²) in [5, 5.41) is 3.01. The van der Waals surface area contributed by atoms with Crippen LogP contribution < -0.4 is 5.32 Å². The van der Waals surface area contributed by atoms with Crippen molar-refractivity contribution in [1.29, 1.82) is 0 Å². The van der Waals surface area contributed by atoms with Crippen LogP contribution in [0.3, 0.4) is 0 Å². The molecule has 1 fully saturated rings. The van der Waals surface area contributed by atoms with Crippen molar-refractivity contribution < 1.29 is 18.3 Å². The third kappa shape index (κ3) is 5.14. The Hall–Kier alpha value is -1.99. The van der Waals surface area contributed by atoms with Gasteiger partial charge in [0, 0.05) is 30.4 Å². The molecule has 3 rings (SSSR count). The van der Waals surface area contributed by atoms with E-state index in [2.05, 4.69) is 21.2 Å². The lowest BCUT2D eigenvalue weighted by Gasteiger charge is -2.43. The number of cyclic esters (lactones) is 1. The summed E-state index contributed by atoms with van der Waals surface area (Å²) in [7, 11) is 0. The third-order valence-electron chi connectivity index (χ3n) is 5.44. The number of alkyl halides is 1. The van der Waals surface area contributed by atoms with Crippen molar-refractivity contribution in [2.45, 2.75) is 31.4 Å². The maximum Gasteiger partial charge on any atom is 0.411 e. The topological polar surface area (TPSA) is 41.6 Å². The van der Waals surface area contributed by atoms with Gasteiger partial charge in [-0.1, -0.05) is 40.2 Å². The molecule has 0 spiro atoms. The fraction of sp³-hybridized carbons (Fsp3) is 0.409. The summed E-state index contributed by atoms with van der Waals surface area (Å²) in [6.07, 6.45) is 0.662. The fourth-order valence-electron chi connectivity index (χ4n) is 3.70. The summed E-state index contributed by atoms with van der Waals surface area (Å²) in [6.45, 7) is 2.77. The maximum atomic E-state index is 13.4. The second-order valence-electron chi connectivity index (χ2n) is 7.23. The Bertz CT molecular complexity index is 817. The minimum Gasteiger partial charge on any atom is -0.438 e. The van der Waals surface area contributed by atoms with Crippen molar-refractivity contribution in [3.63, 3.8) is 0 Å². The molecule has 4 nitrogen and oxygen atoms in total. The smallest absolute Gasteiger partial charge is 0.411 e. The van der Waals surface area contributed by atoms with Crippen LogP contribution in [0.2, 0.25) is 0 Å². The van der Waals surface area contributed by atoms with E-state index in [4.69, 9.17) is 4.74 Å². The van der Waals surface area contributed by atoms with Crippen LogP contribution in [0.25, 0.3) is 0 Å². The van der Waals surface area contributed by atoms with E-state index >= 15 is 0 Å². The van der Waals surface area contributed by atoms with E-state index < -0.39 is 18.4 Å². The summed E-state index contributed by atoms with van der Waals surface area (Å²) in [4.78, 5) is 14.7. The zero-order chi connectivity index (χ0) is 20.9. The minimum absolute atomic E-state index is 0.133. The molecule has 0 aromatic heterocycles. The first-order valence-electron chi connectivity index (χ1n) is 9.73. The number of benzene rings is 2. The predicted octanol–water partition coefficient (Wildman–Crippen LogP) is 5.34. The van der Waals surface area contributed by atoms with E-state index in [0.29, 0.717) is 25.9 Å². The van der Waals surface area contributed by atoms with Crippen molar-refractivity contribution in [3.05, 3.63) is 69.9 Å². The highest BCUT2D eigenvalue weighted by molar-refractivity contribution is 9.10. The lowest BCUT2D eigenvalue weighted by Crippen LogP contribution is -2.49. The Labute approximate surface area is 178 Å². The first kappa shape index (κ1) is 21.7. The lowest BCUT2D eigenvalue weighted by molar-refractivity contribution is -0.0650. The van der Waals surface area contributed by atoms with Gasteiger partial charge in [0.2, 0.25) is 0 Å². The molecule has 1 aliphatic heterocycles. The van der Waals surface area contributed by atoms with Gasteiger partial charge in [0.15, 0.2) is 0 Å². The van der Waals surface area contributed by atoms with Gasteiger partial charge in [0.1, 0.15) is 18.1 Å². The molecule has 1 amide bonds. The molecule has 2 aromatic carbocycles. The Kier molecular flexibility index (Phi) is 7.24. The van der Waals surface area contributed by atoms with Crippen molar-refractivity contribution in [2.24, 2.45) is 0 Å². The highest BCUT2D eigenvalue weighted by atomic mass is 79.9. The molecule has 1 N–H and O–H groups in total. The van der Waals surface area contributed by atoms with Gasteiger partial charge in [-0.25, -0.2) is 13.6 Å². The predicted molar refractivity (Wildman–Crippen MR) is 112 cm³/mol. The average Bonchev–Trinajstić information content (AvgIpc) is 2.72. The van der Waals surface area contributed by atoms with Crippen LogP contribution in [0.4, 0.5) is 13.6 Å². The van der Waals surface area contributed by atoms with Crippen LogP contribution in [-0.4, -0.2) is 37.3 Å². The van der Waals surface area contributed by atoms with Gasteiger partial charge >= 0.3 is 6.09 Å². The first-order valence-corrected chi connectivity index (χ1v) is 10.5. The zero-order valence-electron chi connectivity index (χ0n) is 16.3. The highest BCUT2D eigenvalue weighted by Crippen LogP contribution is 2.39. The molecule has 0 saturated carbocycles. The molecule has 156 valence electrons. The average molecular weight is 467 g/mol. The van der Waals surface area contributed by atoms with Crippen molar-refractivity contribution >= 4 is 22.0 Å². The molecule has 1 heterocycles. The van der Waals surface area contributed by atoms with E-state index in [9.17, 15) is 13.6 Å². The molecule has 7 heteroatoms. The molecule has 0 aliphatic carbocycles. The van der Waals surface area contributed by atoms with Crippen LogP contribution in [0.5, 0.6) is 0 Å². The summed E-state index contributed by atoms with van der Waals surface area (Å²) in [5.74, 6) is -0.341. The van der Waals surface area contributed by atoms with Crippen molar-refractivity contribution in [2.75, 3.05) is 26.3 Å². The first-order chi connectivity index (χ1) is 13.9. The standard InChI is InChI=1S/C22H25BrF2N2O2/c1-16(17-2-6-19(23)7-3-17)27-15-11-22(29-21(27)28,10-13-26-14-12-24)18-4-8-20(25)9-5-18/h2-9,16,26H,10-15H2,1H3/t16-,22?/m0/s1. The number of carbonyl (C=O) groups excluding carboxylic acids is 1. The van der Waals surface area contributed by atoms with Crippen LogP contribution in [0.15, 0.2) is 53.0 Å². The van der Waals surface area contributed by atoms with Gasteiger partial charge in [0.05, 0.1) is 6.04 Å². The van der Waals surface area contributed by atoms with Gasteiger partial charge < -0.3 is 15.0 Å². The number of amides is 1. The molecule has 2 atom stereocenters. The number of nitrogens with one attached hydrogen (secondary N) is 1. The number of hydrogen-bond acceptors (Lipinski definition) is 3. The Morgan fingerprint density at radius 3 is 2.48 bits per heavy atom. The number of halogens is 3. The second-order valence-corrected chi connectivity index (χ2v) is 8.14. The molecule has 0 radical (unpaired) electrons. The zero-order valence-corrected chi connectivity index (χ0v) is 17.9. The van der Waals surface area contributed by atoms with Gasteiger partial charge in [-0.15, -0.1) is 0 Å². The van der Waals surface area contributed by atoms with E-state index in [0.717, 1.165) is 15.6 Å². The van der Waals surface area contributed by atoms with Gasteiger partial charge in [-0.3, -0.25) is 0 Å². The van der Waals surface area contributed by atoms with Gasteiger partial charge in [-0.2, -0.15) is 0 Å². The second kappa shape index (κ2) is 9.67. The third-order valence-corrected chi connectivity index (χ3v) is 5.97. The number of ether oxygens (including phenoxy) is 1. The minimum atomic E-state index is -0.857. The summed E-state index contributed by atoms with van der Waals surface area (Å²) < 4.78 is 32.8. The van der Waals surface area contributed by atoms with Crippen LogP contribution >= 0.6 is 15.9 Å². The monoisotopic (exact) mass is 466 g/mol. The number of rotatable bonds is 8. The van der Waals surface area contributed by atoms with Gasteiger partial charge in [-0.05, 0) is 48.9 Å². The molecule has 0 bridgehead atoms. The van der Waals surface area contributed by atoms with Crippen LogP contribution in [0, 0.1) is 5.82 Å². The summed E-state index contributed by atoms with van der Waals surface area (Å²) in [6, 6.07) is 13.8.